The minimum absolute atomic E-state index is 0.142. The number of ether oxygens (including phenoxy) is 1. The molecule has 4 rings (SSSR count). The summed E-state index contributed by atoms with van der Waals surface area (Å²) in [5, 5.41) is 3.77. The van der Waals surface area contributed by atoms with Gasteiger partial charge in [-0.3, -0.25) is 4.79 Å². The van der Waals surface area contributed by atoms with Crippen LogP contribution in [0.25, 0.3) is 22.3 Å². The summed E-state index contributed by atoms with van der Waals surface area (Å²) in [6.07, 6.45) is 0. The molecule has 0 saturated carbocycles. The van der Waals surface area contributed by atoms with Gasteiger partial charge in [0.05, 0.1) is 11.1 Å². The molecule has 1 aromatic heterocycles. The minimum atomic E-state index is -0.395. The fourth-order valence-corrected chi connectivity index (χ4v) is 3.59. The Hall–Kier alpha value is -3.51. The van der Waals surface area contributed by atoms with Crippen LogP contribution < -0.4 is 5.32 Å². The summed E-state index contributed by atoms with van der Waals surface area (Å²) in [5.41, 5.74) is 3.27. The van der Waals surface area contributed by atoms with Crippen molar-refractivity contribution >= 4 is 35.5 Å². The number of para-hydroxylation sites is 1. The van der Waals surface area contributed by atoms with Crippen LogP contribution in [-0.4, -0.2) is 18.4 Å². The van der Waals surface area contributed by atoms with Gasteiger partial charge in [0.25, 0.3) is 5.91 Å². The highest BCUT2D eigenvalue weighted by atomic mass is 32.1. The van der Waals surface area contributed by atoms with Crippen molar-refractivity contribution in [1.82, 2.24) is 5.32 Å². The van der Waals surface area contributed by atoms with Gasteiger partial charge in [-0.2, -0.15) is 0 Å². The molecular formula is C27H25NO4S. The third kappa shape index (κ3) is 5.29. The second-order valence-corrected chi connectivity index (χ2v) is 8.74. The van der Waals surface area contributed by atoms with Gasteiger partial charge in [0, 0.05) is 22.4 Å². The summed E-state index contributed by atoms with van der Waals surface area (Å²) in [6.45, 7) is 4.83. The Bertz CT molecular complexity index is 1270. The molecule has 1 N–H and O–H groups in total. The Labute approximate surface area is 198 Å². The second-order valence-electron chi connectivity index (χ2n) is 8.23. The maximum atomic E-state index is 13.0. The highest BCUT2D eigenvalue weighted by Crippen LogP contribution is 2.33. The Morgan fingerprint density at radius 2 is 1.67 bits per heavy atom. The molecule has 6 heteroatoms. The smallest absolute Gasteiger partial charge is 0.338 e. The molecule has 33 heavy (non-hydrogen) atoms. The van der Waals surface area contributed by atoms with Gasteiger partial charge in [0.1, 0.15) is 18.0 Å². The van der Waals surface area contributed by atoms with Crippen molar-refractivity contribution in [3.63, 3.8) is 0 Å². The Morgan fingerprint density at radius 1 is 0.970 bits per heavy atom. The molecule has 0 radical (unpaired) electrons. The molecule has 0 aliphatic rings. The summed E-state index contributed by atoms with van der Waals surface area (Å²) in [7, 11) is 0. The van der Waals surface area contributed by atoms with E-state index in [2.05, 4.69) is 31.8 Å². The van der Waals surface area contributed by atoms with E-state index in [1.165, 1.54) is 0 Å². The van der Waals surface area contributed by atoms with Gasteiger partial charge in [-0.1, -0.05) is 56.3 Å². The number of amides is 1. The van der Waals surface area contributed by atoms with E-state index in [4.69, 9.17) is 9.15 Å². The average Bonchev–Trinajstić information content (AvgIpc) is 3.21. The number of hydrogen-bond acceptors (Lipinski definition) is 5. The molecule has 0 atom stereocenters. The monoisotopic (exact) mass is 459 g/mol. The zero-order valence-electron chi connectivity index (χ0n) is 18.5. The van der Waals surface area contributed by atoms with Crippen LogP contribution in [0.3, 0.4) is 0 Å². The molecular weight excluding hydrogens is 434 g/mol. The predicted octanol–water partition coefficient (Wildman–Crippen LogP) is 6.13. The summed E-state index contributed by atoms with van der Waals surface area (Å²) in [6, 6.07) is 21.8. The topological polar surface area (TPSA) is 68.5 Å². The molecule has 0 fully saturated rings. The lowest BCUT2D eigenvalue weighted by Gasteiger charge is -2.09. The van der Waals surface area contributed by atoms with Gasteiger partial charge in [0.2, 0.25) is 0 Å². The highest BCUT2D eigenvalue weighted by molar-refractivity contribution is 7.80. The molecule has 5 nitrogen and oxygen atoms in total. The van der Waals surface area contributed by atoms with Gasteiger partial charge in [0.15, 0.2) is 0 Å². The number of carbonyl (C=O) groups is 2. The highest BCUT2D eigenvalue weighted by Gasteiger charge is 2.22. The molecule has 0 spiro atoms. The Morgan fingerprint density at radius 3 is 2.36 bits per heavy atom. The normalized spacial score (nSPS) is 11.0. The standard InChI is InChI=1S/C27H25NO4S/c1-17(2)15-28-26(29)24-22-5-3-4-6-23(22)32-25(24)19-9-7-18(8-10-19)16-31-27(30)20-11-13-21(33)14-12-20/h3-14,17,33H,15-16H2,1-2H3,(H,28,29). The first-order chi connectivity index (χ1) is 15.9. The zero-order valence-corrected chi connectivity index (χ0v) is 19.4. The number of hydrogen-bond donors (Lipinski definition) is 2. The maximum Gasteiger partial charge on any atom is 0.338 e. The van der Waals surface area contributed by atoms with Crippen LogP contribution in [0.2, 0.25) is 0 Å². The second kappa shape index (κ2) is 9.96. The van der Waals surface area contributed by atoms with E-state index in [1.807, 2.05) is 48.5 Å². The van der Waals surface area contributed by atoms with Crippen LogP contribution >= 0.6 is 12.6 Å². The molecule has 0 unspecified atom stereocenters. The Kier molecular flexibility index (Phi) is 6.84. The van der Waals surface area contributed by atoms with Crippen molar-refractivity contribution in [2.75, 3.05) is 6.54 Å². The number of furan rings is 1. The van der Waals surface area contributed by atoms with Crippen molar-refractivity contribution in [3.8, 4) is 11.3 Å². The number of rotatable bonds is 7. The van der Waals surface area contributed by atoms with E-state index in [-0.39, 0.29) is 12.5 Å². The molecule has 168 valence electrons. The number of esters is 1. The molecule has 1 heterocycles. The SMILES string of the molecule is CC(C)CNC(=O)c1c(-c2ccc(COC(=O)c3ccc(S)cc3)cc2)oc2ccccc12. The molecule has 0 aliphatic carbocycles. The zero-order chi connectivity index (χ0) is 23.4. The van der Waals surface area contributed by atoms with E-state index in [1.54, 1.807) is 24.3 Å². The van der Waals surface area contributed by atoms with Gasteiger partial charge >= 0.3 is 5.97 Å². The number of nitrogens with one attached hydrogen (secondary N) is 1. The molecule has 0 bridgehead atoms. The lowest BCUT2D eigenvalue weighted by atomic mass is 10.0. The first-order valence-corrected chi connectivity index (χ1v) is 11.2. The van der Waals surface area contributed by atoms with Crippen molar-refractivity contribution in [2.24, 2.45) is 5.92 Å². The van der Waals surface area contributed by atoms with Gasteiger partial charge in [-0.25, -0.2) is 4.79 Å². The summed E-state index contributed by atoms with van der Waals surface area (Å²) in [5.74, 6) is 0.309. The third-order valence-electron chi connectivity index (χ3n) is 5.18. The lowest BCUT2D eigenvalue weighted by Crippen LogP contribution is -2.27. The number of fused-ring (bicyclic) bond motifs is 1. The van der Waals surface area contributed by atoms with Crippen LogP contribution in [0.4, 0.5) is 0 Å². The quantitative estimate of drug-likeness (QED) is 0.258. The largest absolute Gasteiger partial charge is 0.457 e. The van der Waals surface area contributed by atoms with E-state index in [0.29, 0.717) is 34.9 Å². The fourth-order valence-electron chi connectivity index (χ4n) is 3.44. The third-order valence-corrected chi connectivity index (χ3v) is 5.48. The van der Waals surface area contributed by atoms with Crippen molar-refractivity contribution in [3.05, 3.63) is 89.5 Å². The van der Waals surface area contributed by atoms with Crippen LogP contribution in [0.5, 0.6) is 0 Å². The molecule has 1 amide bonds. The van der Waals surface area contributed by atoms with E-state index in [9.17, 15) is 9.59 Å². The number of benzene rings is 3. The van der Waals surface area contributed by atoms with E-state index >= 15 is 0 Å². The van der Waals surface area contributed by atoms with Crippen molar-refractivity contribution in [2.45, 2.75) is 25.3 Å². The first-order valence-electron chi connectivity index (χ1n) is 10.8. The summed E-state index contributed by atoms with van der Waals surface area (Å²) in [4.78, 5) is 26.0. The van der Waals surface area contributed by atoms with Gasteiger partial charge in [-0.05, 0) is 41.8 Å². The average molecular weight is 460 g/mol. The van der Waals surface area contributed by atoms with Crippen molar-refractivity contribution < 1.29 is 18.7 Å². The van der Waals surface area contributed by atoms with Crippen LogP contribution in [-0.2, 0) is 11.3 Å². The fraction of sp³-hybridized carbons (Fsp3) is 0.185. The summed E-state index contributed by atoms with van der Waals surface area (Å²) >= 11 is 4.22. The van der Waals surface area contributed by atoms with Gasteiger partial charge < -0.3 is 14.5 Å². The maximum absolute atomic E-state index is 13.0. The summed E-state index contributed by atoms with van der Waals surface area (Å²) < 4.78 is 11.5. The van der Waals surface area contributed by atoms with Gasteiger partial charge in [-0.15, -0.1) is 12.6 Å². The molecule has 3 aromatic carbocycles. The number of thiol groups is 1. The Balaban J connectivity index is 1.54. The predicted molar refractivity (Wildman–Crippen MR) is 132 cm³/mol. The molecule has 4 aromatic rings. The van der Waals surface area contributed by atoms with Crippen LogP contribution in [0, 0.1) is 5.92 Å². The van der Waals surface area contributed by atoms with E-state index in [0.717, 1.165) is 21.4 Å². The minimum Gasteiger partial charge on any atom is -0.457 e. The first kappa shape index (κ1) is 22.7. The van der Waals surface area contributed by atoms with Crippen LogP contribution in [0.1, 0.15) is 40.1 Å². The van der Waals surface area contributed by atoms with Crippen LogP contribution in [0.15, 0.2) is 82.1 Å². The van der Waals surface area contributed by atoms with E-state index < -0.39 is 5.97 Å². The lowest BCUT2D eigenvalue weighted by molar-refractivity contribution is 0.0472. The number of carbonyl (C=O) groups excluding carboxylic acids is 2. The molecule has 0 aliphatic heterocycles. The van der Waals surface area contributed by atoms with Crippen molar-refractivity contribution in [1.29, 1.82) is 0 Å². The molecule has 0 saturated heterocycles.